The van der Waals surface area contributed by atoms with Gasteiger partial charge in [0.25, 0.3) is 5.91 Å². The van der Waals surface area contributed by atoms with Gasteiger partial charge in [0, 0.05) is 57.8 Å². The maximum Gasteiger partial charge on any atom is 0.254 e. The molecule has 0 bridgehead atoms. The van der Waals surface area contributed by atoms with Crippen molar-refractivity contribution in [2.45, 2.75) is 44.3 Å². The van der Waals surface area contributed by atoms with Crippen molar-refractivity contribution in [2.24, 2.45) is 0 Å². The van der Waals surface area contributed by atoms with Crippen LogP contribution in [0.25, 0.3) is 0 Å². The zero-order chi connectivity index (χ0) is 19.2. The first-order valence-electron chi connectivity index (χ1n) is 9.54. The molecule has 27 heavy (non-hydrogen) atoms. The van der Waals surface area contributed by atoms with E-state index in [0.717, 1.165) is 26.1 Å². The SMILES string of the molecule is CCNC(=O)[C@@H]1C[C@H](NC(=O)c2cnc(NC)nc2)CN1C1CCOCC1. The van der Waals surface area contributed by atoms with E-state index in [2.05, 4.69) is 30.8 Å². The number of carbonyl (C=O) groups is 2. The minimum Gasteiger partial charge on any atom is -0.381 e. The summed E-state index contributed by atoms with van der Waals surface area (Å²) in [5, 5.41) is 8.78. The summed E-state index contributed by atoms with van der Waals surface area (Å²) in [5.74, 6) is 0.281. The predicted octanol–water partition coefficient (Wildman–Crippen LogP) is 0.00610. The topological polar surface area (TPSA) is 108 Å². The van der Waals surface area contributed by atoms with Crippen molar-refractivity contribution in [2.75, 3.05) is 38.7 Å². The molecule has 3 heterocycles. The van der Waals surface area contributed by atoms with Gasteiger partial charge in [0.1, 0.15) is 0 Å². The van der Waals surface area contributed by atoms with Gasteiger partial charge in [-0.1, -0.05) is 0 Å². The number of carbonyl (C=O) groups excluding carboxylic acids is 2. The van der Waals surface area contributed by atoms with Crippen LogP contribution in [0, 0.1) is 0 Å². The maximum absolute atomic E-state index is 12.5. The lowest BCUT2D eigenvalue weighted by Crippen LogP contribution is -2.49. The molecule has 2 atom stereocenters. The second-order valence-corrected chi connectivity index (χ2v) is 6.90. The lowest BCUT2D eigenvalue weighted by atomic mass is 10.1. The van der Waals surface area contributed by atoms with Gasteiger partial charge in [-0.15, -0.1) is 0 Å². The molecule has 0 aromatic carbocycles. The lowest BCUT2D eigenvalue weighted by molar-refractivity contribution is -0.126. The van der Waals surface area contributed by atoms with Crippen molar-refractivity contribution in [3.63, 3.8) is 0 Å². The Morgan fingerprint density at radius 1 is 1.26 bits per heavy atom. The lowest BCUT2D eigenvalue weighted by Gasteiger charge is -2.34. The van der Waals surface area contributed by atoms with E-state index in [1.165, 1.54) is 12.4 Å². The Morgan fingerprint density at radius 3 is 2.59 bits per heavy atom. The molecule has 3 rings (SSSR count). The van der Waals surface area contributed by atoms with E-state index in [-0.39, 0.29) is 23.9 Å². The van der Waals surface area contributed by atoms with E-state index in [1.54, 1.807) is 7.05 Å². The van der Waals surface area contributed by atoms with Gasteiger partial charge < -0.3 is 20.7 Å². The summed E-state index contributed by atoms with van der Waals surface area (Å²) in [5.41, 5.74) is 0.410. The molecular formula is C18H28N6O3. The van der Waals surface area contributed by atoms with Crippen molar-refractivity contribution in [3.8, 4) is 0 Å². The molecule has 9 heteroatoms. The number of aromatic nitrogens is 2. The Balaban J connectivity index is 1.66. The first kappa shape index (κ1) is 19.5. The second kappa shape index (κ2) is 9.09. The van der Waals surface area contributed by atoms with Crippen molar-refractivity contribution in [1.82, 2.24) is 25.5 Å². The molecule has 1 aromatic heterocycles. The second-order valence-electron chi connectivity index (χ2n) is 6.90. The summed E-state index contributed by atoms with van der Waals surface area (Å²) in [6, 6.07) is 0.00435. The molecule has 0 spiro atoms. The van der Waals surface area contributed by atoms with Crippen molar-refractivity contribution < 1.29 is 14.3 Å². The molecule has 0 radical (unpaired) electrons. The Hall–Kier alpha value is -2.26. The van der Waals surface area contributed by atoms with Crippen LogP contribution < -0.4 is 16.0 Å². The summed E-state index contributed by atoms with van der Waals surface area (Å²) in [6.07, 6.45) is 5.43. The number of amides is 2. The molecule has 0 saturated carbocycles. The van der Waals surface area contributed by atoms with Crippen LogP contribution in [0.2, 0.25) is 0 Å². The fraction of sp³-hybridized carbons (Fsp3) is 0.667. The van der Waals surface area contributed by atoms with Crippen LogP contribution in [0.3, 0.4) is 0 Å². The highest BCUT2D eigenvalue weighted by Gasteiger charge is 2.41. The number of nitrogens with one attached hydrogen (secondary N) is 3. The maximum atomic E-state index is 12.5. The highest BCUT2D eigenvalue weighted by molar-refractivity contribution is 5.94. The number of hydrogen-bond donors (Lipinski definition) is 3. The van der Waals surface area contributed by atoms with Crippen molar-refractivity contribution >= 4 is 17.8 Å². The first-order valence-corrected chi connectivity index (χ1v) is 9.54. The van der Waals surface area contributed by atoms with Crippen LogP contribution >= 0.6 is 0 Å². The molecule has 148 valence electrons. The molecule has 2 aliphatic rings. The summed E-state index contributed by atoms with van der Waals surface area (Å²) < 4.78 is 5.45. The van der Waals surface area contributed by atoms with E-state index < -0.39 is 0 Å². The number of hydrogen-bond acceptors (Lipinski definition) is 7. The van der Waals surface area contributed by atoms with Crippen LogP contribution in [0.5, 0.6) is 0 Å². The highest BCUT2D eigenvalue weighted by Crippen LogP contribution is 2.26. The first-order chi connectivity index (χ1) is 13.1. The molecule has 2 amide bonds. The predicted molar refractivity (Wildman–Crippen MR) is 100 cm³/mol. The minimum atomic E-state index is -0.221. The normalized spacial score (nSPS) is 23.8. The summed E-state index contributed by atoms with van der Waals surface area (Å²) in [4.78, 5) is 35.5. The fourth-order valence-electron chi connectivity index (χ4n) is 3.78. The number of rotatable bonds is 6. The van der Waals surface area contributed by atoms with Crippen LogP contribution in [-0.4, -0.2) is 78.2 Å². The Morgan fingerprint density at radius 2 is 1.96 bits per heavy atom. The van der Waals surface area contributed by atoms with Gasteiger partial charge >= 0.3 is 0 Å². The summed E-state index contributed by atoms with van der Waals surface area (Å²) in [6.45, 7) is 4.61. The molecule has 2 saturated heterocycles. The standard InChI is InChI=1S/C18H28N6O3/c1-3-20-17(26)15-8-13(11-24(15)14-4-6-27-7-5-14)23-16(25)12-9-21-18(19-2)22-10-12/h9-10,13-15H,3-8,11H2,1-2H3,(H,20,26)(H,23,25)(H,19,21,22)/t13-,15-/m0/s1. The zero-order valence-electron chi connectivity index (χ0n) is 15.9. The smallest absolute Gasteiger partial charge is 0.254 e. The van der Waals surface area contributed by atoms with Crippen LogP contribution in [0.15, 0.2) is 12.4 Å². The zero-order valence-corrected chi connectivity index (χ0v) is 15.9. The number of nitrogens with zero attached hydrogens (tertiary/aromatic N) is 3. The molecule has 9 nitrogen and oxygen atoms in total. The van der Waals surface area contributed by atoms with Gasteiger partial charge in [-0.05, 0) is 26.2 Å². The van der Waals surface area contributed by atoms with E-state index in [0.29, 0.717) is 37.1 Å². The Labute approximate surface area is 159 Å². The van der Waals surface area contributed by atoms with E-state index in [1.807, 2.05) is 6.92 Å². The third-order valence-corrected chi connectivity index (χ3v) is 5.13. The van der Waals surface area contributed by atoms with Crippen LogP contribution in [0.1, 0.15) is 36.5 Å². The average molecular weight is 376 g/mol. The molecule has 0 unspecified atom stereocenters. The van der Waals surface area contributed by atoms with E-state index >= 15 is 0 Å². The molecule has 1 aromatic rings. The third kappa shape index (κ3) is 4.72. The molecular weight excluding hydrogens is 348 g/mol. The number of likely N-dealkylation sites (N-methyl/N-ethyl adjacent to an activating group) is 1. The van der Waals surface area contributed by atoms with Gasteiger partial charge in [-0.3, -0.25) is 14.5 Å². The number of ether oxygens (including phenoxy) is 1. The summed E-state index contributed by atoms with van der Waals surface area (Å²) >= 11 is 0. The van der Waals surface area contributed by atoms with Crippen molar-refractivity contribution in [3.05, 3.63) is 18.0 Å². The fourth-order valence-corrected chi connectivity index (χ4v) is 3.78. The monoisotopic (exact) mass is 376 g/mol. The van der Waals surface area contributed by atoms with Gasteiger partial charge in [-0.2, -0.15) is 0 Å². The number of anilines is 1. The molecule has 2 fully saturated rings. The molecule has 0 aliphatic carbocycles. The van der Waals surface area contributed by atoms with Crippen LogP contribution in [-0.2, 0) is 9.53 Å². The van der Waals surface area contributed by atoms with E-state index in [4.69, 9.17) is 4.74 Å². The molecule has 2 aliphatic heterocycles. The van der Waals surface area contributed by atoms with Crippen LogP contribution in [0.4, 0.5) is 5.95 Å². The number of likely N-dealkylation sites (tertiary alicyclic amines) is 1. The van der Waals surface area contributed by atoms with Crippen molar-refractivity contribution in [1.29, 1.82) is 0 Å². The average Bonchev–Trinajstić information content (AvgIpc) is 3.13. The van der Waals surface area contributed by atoms with Gasteiger partial charge in [-0.25, -0.2) is 9.97 Å². The Kier molecular flexibility index (Phi) is 6.57. The minimum absolute atomic E-state index is 0.0300. The summed E-state index contributed by atoms with van der Waals surface area (Å²) in [7, 11) is 1.72. The highest BCUT2D eigenvalue weighted by atomic mass is 16.5. The van der Waals surface area contributed by atoms with E-state index in [9.17, 15) is 9.59 Å². The quantitative estimate of drug-likeness (QED) is 0.642. The van der Waals surface area contributed by atoms with Gasteiger partial charge in [0.15, 0.2) is 0 Å². The van der Waals surface area contributed by atoms with Gasteiger partial charge in [0.05, 0.1) is 11.6 Å². The molecule has 3 N–H and O–H groups in total. The third-order valence-electron chi connectivity index (χ3n) is 5.13. The largest absolute Gasteiger partial charge is 0.381 e. The Bertz CT molecular complexity index is 647. The van der Waals surface area contributed by atoms with Gasteiger partial charge in [0.2, 0.25) is 11.9 Å².